The van der Waals surface area contributed by atoms with Crippen molar-refractivity contribution in [2.45, 2.75) is 16.5 Å². The molecule has 0 saturated carbocycles. The molecule has 0 unspecified atom stereocenters. The van der Waals surface area contributed by atoms with Gasteiger partial charge in [-0.2, -0.15) is 13.2 Å². The van der Waals surface area contributed by atoms with Gasteiger partial charge >= 0.3 is 12.1 Å². The summed E-state index contributed by atoms with van der Waals surface area (Å²) in [5, 5.41) is 8.73. The van der Waals surface area contributed by atoms with Gasteiger partial charge in [0.1, 0.15) is 10.7 Å². The van der Waals surface area contributed by atoms with Crippen LogP contribution in [0.15, 0.2) is 17.2 Å². The molecule has 8 heteroatoms. The standard InChI is InChI=1S/C10H8F3NO3S/c11-10(12,13)7-2-1-6(9(15)16)8(14-7)18-5-3-17-4-5/h1-2,5H,3-4H2,(H,15,16). The Morgan fingerprint density at radius 1 is 1.44 bits per heavy atom. The number of carboxylic acids is 1. The van der Waals surface area contributed by atoms with Crippen LogP contribution < -0.4 is 0 Å². The Morgan fingerprint density at radius 3 is 2.56 bits per heavy atom. The number of alkyl halides is 3. The molecule has 0 bridgehead atoms. The van der Waals surface area contributed by atoms with Crippen LogP contribution in [0.25, 0.3) is 0 Å². The molecule has 18 heavy (non-hydrogen) atoms. The van der Waals surface area contributed by atoms with Crippen molar-refractivity contribution in [3.05, 3.63) is 23.4 Å². The topological polar surface area (TPSA) is 59.4 Å². The smallest absolute Gasteiger partial charge is 0.433 e. The molecule has 2 rings (SSSR count). The zero-order chi connectivity index (χ0) is 13.3. The summed E-state index contributed by atoms with van der Waals surface area (Å²) in [6.45, 7) is 0.781. The molecule has 1 aromatic heterocycles. The van der Waals surface area contributed by atoms with E-state index in [2.05, 4.69) is 4.98 Å². The molecule has 0 aliphatic carbocycles. The highest BCUT2D eigenvalue weighted by atomic mass is 32.2. The Kier molecular flexibility index (Phi) is 3.49. The van der Waals surface area contributed by atoms with Crippen LogP contribution in [-0.2, 0) is 10.9 Å². The lowest BCUT2D eigenvalue weighted by molar-refractivity contribution is -0.141. The number of nitrogens with zero attached hydrogens (tertiary/aromatic N) is 1. The highest BCUT2D eigenvalue weighted by molar-refractivity contribution is 8.00. The van der Waals surface area contributed by atoms with Crippen molar-refractivity contribution in [2.24, 2.45) is 0 Å². The van der Waals surface area contributed by atoms with Crippen molar-refractivity contribution in [1.82, 2.24) is 4.98 Å². The molecule has 0 spiro atoms. The molecule has 1 fully saturated rings. The second-order valence-electron chi connectivity index (χ2n) is 3.63. The number of aromatic nitrogens is 1. The number of pyridine rings is 1. The fourth-order valence-corrected chi connectivity index (χ4v) is 2.37. The molecule has 98 valence electrons. The van der Waals surface area contributed by atoms with Gasteiger partial charge in [0.15, 0.2) is 0 Å². The predicted molar refractivity (Wildman–Crippen MR) is 56.7 cm³/mol. The Hall–Kier alpha value is -1.28. The third kappa shape index (κ3) is 2.75. The summed E-state index contributed by atoms with van der Waals surface area (Å²) in [7, 11) is 0. The summed E-state index contributed by atoms with van der Waals surface area (Å²) in [5.74, 6) is -1.29. The third-order valence-electron chi connectivity index (χ3n) is 2.27. The van der Waals surface area contributed by atoms with Crippen molar-refractivity contribution in [3.8, 4) is 0 Å². The van der Waals surface area contributed by atoms with Gasteiger partial charge < -0.3 is 9.84 Å². The van der Waals surface area contributed by atoms with Gasteiger partial charge in [-0.05, 0) is 12.1 Å². The van der Waals surface area contributed by atoms with E-state index in [0.717, 1.165) is 17.8 Å². The molecule has 2 heterocycles. The van der Waals surface area contributed by atoms with Crippen LogP contribution in [0.2, 0.25) is 0 Å². The number of carbonyl (C=O) groups is 1. The first-order valence-corrected chi connectivity index (χ1v) is 5.82. The van der Waals surface area contributed by atoms with Gasteiger partial charge in [0.05, 0.1) is 24.0 Å². The molecule has 1 aromatic rings. The van der Waals surface area contributed by atoms with Crippen LogP contribution in [0.4, 0.5) is 13.2 Å². The molecule has 1 aliphatic heterocycles. The summed E-state index contributed by atoms with van der Waals surface area (Å²) < 4.78 is 42.4. The third-order valence-corrected chi connectivity index (χ3v) is 3.41. The second kappa shape index (κ2) is 4.77. The fraction of sp³-hybridized carbons (Fsp3) is 0.400. The van der Waals surface area contributed by atoms with E-state index in [1.54, 1.807) is 0 Å². The normalized spacial score (nSPS) is 16.4. The minimum atomic E-state index is -4.58. The Morgan fingerprint density at radius 2 is 2.11 bits per heavy atom. The van der Waals surface area contributed by atoms with Crippen molar-refractivity contribution in [1.29, 1.82) is 0 Å². The summed E-state index contributed by atoms with van der Waals surface area (Å²) in [4.78, 5) is 14.3. The van der Waals surface area contributed by atoms with Crippen LogP contribution in [0, 0.1) is 0 Å². The van der Waals surface area contributed by atoms with E-state index in [1.165, 1.54) is 0 Å². The molecule has 0 aromatic carbocycles. The number of rotatable bonds is 3. The van der Waals surface area contributed by atoms with E-state index in [-0.39, 0.29) is 15.8 Å². The lowest BCUT2D eigenvalue weighted by Crippen LogP contribution is -2.30. The van der Waals surface area contributed by atoms with Crippen molar-refractivity contribution in [3.63, 3.8) is 0 Å². The molecule has 0 radical (unpaired) electrons. The number of hydrogen-bond acceptors (Lipinski definition) is 4. The number of carboxylic acid groups (broad SMARTS) is 1. The Balaban J connectivity index is 2.34. The maximum Gasteiger partial charge on any atom is 0.433 e. The van der Waals surface area contributed by atoms with Gasteiger partial charge in [0, 0.05) is 0 Å². The Labute approximate surface area is 104 Å². The molecule has 0 atom stereocenters. The van der Waals surface area contributed by atoms with E-state index in [1.807, 2.05) is 0 Å². The Bertz CT molecular complexity index is 474. The molecule has 1 saturated heterocycles. The monoisotopic (exact) mass is 279 g/mol. The second-order valence-corrected chi connectivity index (χ2v) is 4.92. The van der Waals surface area contributed by atoms with Crippen molar-refractivity contribution >= 4 is 17.7 Å². The average Bonchev–Trinajstić information content (AvgIpc) is 2.21. The first kappa shape index (κ1) is 13.2. The first-order chi connectivity index (χ1) is 8.38. The zero-order valence-corrected chi connectivity index (χ0v) is 9.72. The van der Waals surface area contributed by atoms with Gasteiger partial charge in [0.2, 0.25) is 0 Å². The minimum Gasteiger partial charge on any atom is -0.478 e. The van der Waals surface area contributed by atoms with Crippen LogP contribution in [0.1, 0.15) is 16.1 Å². The van der Waals surface area contributed by atoms with E-state index in [0.29, 0.717) is 19.3 Å². The van der Waals surface area contributed by atoms with Crippen molar-refractivity contribution in [2.75, 3.05) is 13.2 Å². The molecule has 4 nitrogen and oxygen atoms in total. The zero-order valence-electron chi connectivity index (χ0n) is 8.90. The van der Waals surface area contributed by atoms with E-state index >= 15 is 0 Å². The average molecular weight is 279 g/mol. The van der Waals surface area contributed by atoms with Gasteiger partial charge in [-0.25, -0.2) is 9.78 Å². The number of halogens is 3. The van der Waals surface area contributed by atoms with E-state index in [9.17, 15) is 18.0 Å². The van der Waals surface area contributed by atoms with Crippen LogP contribution >= 0.6 is 11.8 Å². The highest BCUT2D eigenvalue weighted by Gasteiger charge is 2.34. The molecular weight excluding hydrogens is 271 g/mol. The van der Waals surface area contributed by atoms with E-state index < -0.39 is 17.8 Å². The van der Waals surface area contributed by atoms with Crippen molar-refractivity contribution < 1.29 is 27.8 Å². The van der Waals surface area contributed by atoms with Gasteiger partial charge in [-0.15, -0.1) is 0 Å². The first-order valence-electron chi connectivity index (χ1n) is 4.94. The quantitative estimate of drug-likeness (QED) is 0.920. The molecule has 0 amide bonds. The van der Waals surface area contributed by atoms with Crippen LogP contribution in [-0.4, -0.2) is 34.5 Å². The predicted octanol–water partition coefficient (Wildman–Crippen LogP) is 2.29. The molecular formula is C10H8F3NO3S. The lowest BCUT2D eigenvalue weighted by atomic mass is 10.2. The lowest BCUT2D eigenvalue weighted by Gasteiger charge is -2.25. The summed E-state index contributed by atoms with van der Waals surface area (Å²) in [6, 6.07) is 1.60. The van der Waals surface area contributed by atoms with Gasteiger partial charge in [-0.3, -0.25) is 0 Å². The molecule has 1 aliphatic rings. The fourth-order valence-electron chi connectivity index (χ4n) is 1.29. The summed E-state index contributed by atoms with van der Waals surface area (Å²) in [6.07, 6.45) is -4.58. The SMILES string of the molecule is O=C(O)c1ccc(C(F)(F)F)nc1SC1COC1. The highest BCUT2D eigenvalue weighted by Crippen LogP contribution is 2.33. The van der Waals surface area contributed by atoms with Crippen LogP contribution in [0.5, 0.6) is 0 Å². The minimum absolute atomic E-state index is 0.0425. The number of thioether (sulfide) groups is 1. The van der Waals surface area contributed by atoms with Gasteiger partial charge in [0.25, 0.3) is 0 Å². The number of hydrogen-bond donors (Lipinski definition) is 1. The maximum atomic E-state index is 12.5. The number of ether oxygens (including phenoxy) is 1. The summed E-state index contributed by atoms with van der Waals surface area (Å²) in [5.41, 5.74) is -1.31. The number of aromatic carboxylic acids is 1. The maximum absolute atomic E-state index is 12.5. The van der Waals surface area contributed by atoms with Crippen LogP contribution in [0.3, 0.4) is 0 Å². The van der Waals surface area contributed by atoms with Gasteiger partial charge in [-0.1, -0.05) is 11.8 Å². The van der Waals surface area contributed by atoms with E-state index in [4.69, 9.17) is 9.84 Å². The summed E-state index contributed by atoms with van der Waals surface area (Å²) >= 11 is 0.999. The molecule has 1 N–H and O–H groups in total. The largest absolute Gasteiger partial charge is 0.478 e.